The fourth-order valence-electron chi connectivity index (χ4n) is 2.84. The van der Waals surface area contributed by atoms with Crippen molar-refractivity contribution in [3.05, 3.63) is 23.8 Å². The molecule has 4 nitrogen and oxygen atoms in total. The fraction of sp³-hybridized carbons (Fsp3) is 0.562. The highest BCUT2D eigenvalue weighted by Gasteiger charge is 2.29. The smallest absolute Gasteiger partial charge is 0.256 e. The number of carbonyl (C=O) groups is 1. The number of rotatable bonds is 2. The normalized spacial score (nSPS) is 22.7. The largest absolute Gasteiger partial charge is 0.399 e. The third kappa shape index (κ3) is 2.89. The zero-order valence-electron chi connectivity index (χ0n) is 12.9. The van der Waals surface area contributed by atoms with Crippen molar-refractivity contribution in [2.75, 3.05) is 31.3 Å². The Kier molecular flexibility index (Phi) is 4.21. The summed E-state index contributed by atoms with van der Waals surface area (Å²) in [5.74, 6) is 0.666. The summed E-state index contributed by atoms with van der Waals surface area (Å²) in [5.41, 5.74) is 8.13. The van der Waals surface area contributed by atoms with E-state index in [-0.39, 0.29) is 5.91 Å². The van der Waals surface area contributed by atoms with E-state index in [0.29, 0.717) is 23.2 Å². The van der Waals surface area contributed by atoms with Crippen LogP contribution >= 0.6 is 0 Å². The Bertz CT molecular complexity index is 498. The van der Waals surface area contributed by atoms with Crippen molar-refractivity contribution >= 4 is 17.3 Å². The molecular formula is C16H25N3O. The van der Waals surface area contributed by atoms with Crippen LogP contribution in [-0.2, 0) is 0 Å². The molecule has 20 heavy (non-hydrogen) atoms. The molecule has 1 aromatic carbocycles. The van der Waals surface area contributed by atoms with E-state index < -0.39 is 0 Å². The van der Waals surface area contributed by atoms with Crippen LogP contribution in [0.15, 0.2) is 18.2 Å². The Balaban J connectivity index is 2.34. The first kappa shape index (κ1) is 14.7. The van der Waals surface area contributed by atoms with Gasteiger partial charge in [0.1, 0.15) is 0 Å². The van der Waals surface area contributed by atoms with Crippen LogP contribution in [0.5, 0.6) is 0 Å². The molecule has 1 heterocycles. The molecule has 1 saturated heterocycles. The number of carbonyl (C=O) groups excluding carboxylic acids is 1. The van der Waals surface area contributed by atoms with E-state index >= 15 is 0 Å². The summed E-state index contributed by atoms with van der Waals surface area (Å²) in [6, 6.07) is 5.86. The van der Waals surface area contributed by atoms with Crippen molar-refractivity contribution in [1.82, 2.24) is 4.90 Å². The summed E-state index contributed by atoms with van der Waals surface area (Å²) >= 11 is 0. The number of likely N-dealkylation sites (tertiary alicyclic amines) is 1. The van der Waals surface area contributed by atoms with E-state index in [1.807, 2.05) is 36.0 Å². The van der Waals surface area contributed by atoms with Crippen LogP contribution in [0.4, 0.5) is 11.4 Å². The van der Waals surface area contributed by atoms with Gasteiger partial charge in [-0.2, -0.15) is 0 Å². The average Bonchev–Trinajstić information content (AvgIpc) is 2.40. The summed E-state index contributed by atoms with van der Waals surface area (Å²) in [7, 11) is 3.90. The molecule has 2 N–H and O–H groups in total. The molecule has 2 rings (SSSR count). The van der Waals surface area contributed by atoms with Gasteiger partial charge in [-0.1, -0.05) is 6.92 Å². The molecule has 4 heteroatoms. The van der Waals surface area contributed by atoms with Crippen molar-refractivity contribution in [3.8, 4) is 0 Å². The molecule has 110 valence electrons. The van der Waals surface area contributed by atoms with E-state index in [4.69, 9.17) is 5.73 Å². The summed E-state index contributed by atoms with van der Waals surface area (Å²) < 4.78 is 0. The monoisotopic (exact) mass is 275 g/mol. The maximum absolute atomic E-state index is 12.9. The highest BCUT2D eigenvalue weighted by molar-refractivity contribution is 6.00. The van der Waals surface area contributed by atoms with Crippen LogP contribution in [0.1, 0.15) is 37.0 Å². The van der Waals surface area contributed by atoms with Gasteiger partial charge in [0.25, 0.3) is 5.91 Å². The molecule has 0 radical (unpaired) electrons. The van der Waals surface area contributed by atoms with Gasteiger partial charge in [-0.05, 0) is 43.9 Å². The molecule has 1 amide bonds. The molecule has 0 bridgehead atoms. The topological polar surface area (TPSA) is 49.6 Å². The third-order valence-corrected chi connectivity index (χ3v) is 4.11. The predicted molar refractivity (Wildman–Crippen MR) is 84.1 cm³/mol. The SMILES string of the molecule is CC1CCC(C)N(C(=O)c2cc(N)ccc2N(C)C)C1. The summed E-state index contributed by atoms with van der Waals surface area (Å²) in [4.78, 5) is 16.8. The average molecular weight is 275 g/mol. The summed E-state index contributed by atoms with van der Waals surface area (Å²) in [5, 5.41) is 0. The van der Waals surface area contributed by atoms with Crippen LogP contribution < -0.4 is 10.6 Å². The highest BCUT2D eigenvalue weighted by atomic mass is 16.2. The number of nitrogen functional groups attached to an aromatic ring is 1. The van der Waals surface area contributed by atoms with Gasteiger partial charge in [-0.3, -0.25) is 4.79 Å². The summed E-state index contributed by atoms with van der Waals surface area (Å²) in [6.45, 7) is 5.17. The van der Waals surface area contributed by atoms with Gasteiger partial charge in [0.15, 0.2) is 0 Å². The van der Waals surface area contributed by atoms with Gasteiger partial charge in [0.2, 0.25) is 0 Å². The van der Waals surface area contributed by atoms with Crippen molar-refractivity contribution in [1.29, 1.82) is 0 Å². The summed E-state index contributed by atoms with van der Waals surface area (Å²) in [6.07, 6.45) is 2.27. The first-order valence-corrected chi connectivity index (χ1v) is 7.28. The van der Waals surface area contributed by atoms with Gasteiger partial charge >= 0.3 is 0 Å². The Morgan fingerprint density at radius 2 is 2.00 bits per heavy atom. The molecule has 0 aromatic heterocycles. The second-order valence-electron chi connectivity index (χ2n) is 6.16. The van der Waals surface area contributed by atoms with Crippen molar-refractivity contribution in [2.45, 2.75) is 32.7 Å². The van der Waals surface area contributed by atoms with Gasteiger partial charge in [0.05, 0.1) is 5.56 Å². The molecule has 1 aliphatic rings. The molecule has 1 aromatic rings. The van der Waals surface area contributed by atoms with E-state index in [1.165, 1.54) is 6.42 Å². The minimum atomic E-state index is 0.0973. The molecule has 2 atom stereocenters. The van der Waals surface area contributed by atoms with Crippen LogP contribution in [0.2, 0.25) is 0 Å². The maximum Gasteiger partial charge on any atom is 0.256 e. The molecule has 0 saturated carbocycles. The Labute approximate surface area is 121 Å². The van der Waals surface area contributed by atoms with E-state index in [9.17, 15) is 4.79 Å². The van der Waals surface area contributed by atoms with Gasteiger partial charge in [0, 0.05) is 38.1 Å². The lowest BCUT2D eigenvalue weighted by Gasteiger charge is -2.37. The van der Waals surface area contributed by atoms with Gasteiger partial charge in [-0.25, -0.2) is 0 Å². The van der Waals surface area contributed by atoms with E-state index in [2.05, 4.69) is 13.8 Å². The van der Waals surface area contributed by atoms with E-state index in [0.717, 1.165) is 18.7 Å². The van der Waals surface area contributed by atoms with E-state index in [1.54, 1.807) is 6.07 Å². The zero-order chi connectivity index (χ0) is 14.9. The number of piperidine rings is 1. The standard InChI is InChI=1S/C16H25N3O/c1-11-5-6-12(2)19(10-11)16(20)14-9-13(17)7-8-15(14)18(3)4/h7-9,11-12H,5-6,10,17H2,1-4H3. The number of anilines is 2. The molecule has 2 unspecified atom stereocenters. The zero-order valence-corrected chi connectivity index (χ0v) is 12.9. The van der Waals surface area contributed by atoms with Gasteiger partial charge in [-0.15, -0.1) is 0 Å². The second-order valence-corrected chi connectivity index (χ2v) is 6.16. The number of hydrogen-bond acceptors (Lipinski definition) is 3. The van der Waals surface area contributed by atoms with Crippen molar-refractivity contribution < 1.29 is 4.79 Å². The molecule has 1 fully saturated rings. The number of nitrogens with zero attached hydrogens (tertiary/aromatic N) is 2. The van der Waals surface area contributed by atoms with Crippen molar-refractivity contribution in [2.24, 2.45) is 5.92 Å². The van der Waals surface area contributed by atoms with Crippen LogP contribution in [0.25, 0.3) is 0 Å². The first-order chi connectivity index (χ1) is 9.40. The Morgan fingerprint density at radius 3 is 2.65 bits per heavy atom. The molecular weight excluding hydrogens is 250 g/mol. The molecule has 0 spiro atoms. The minimum Gasteiger partial charge on any atom is -0.399 e. The predicted octanol–water partition coefficient (Wildman–Crippen LogP) is 2.60. The number of nitrogens with two attached hydrogens (primary N) is 1. The molecule has 0 aliphatic carbocycles. The van der Waals surface area contributed by atoms with Crippen LogP contribution in [0.3, 0.4) is 0 Å². The fourth-order valence-corrected chi connectivity index (χ4v) is 2.84. The lowest BCUT2D eigenvalue weighted by molar-refractivity contribution is 0.0575. The molecule has 1 aliphatic heterocycles. The van der Waals surface area contributed by atoms with Crippen LogP contribution in [-0.4, -0.2) is 37.5 Å². The lowest BCUT2D eigenvalue weighted by atomic mass is 9.94. The number of benzene rings is 1. The van der Waals surface area contributed by atoms with Crippen LogP contribution in [0, 0.1) is 5.92 Å². The Hall–Kier alpha value is -1.71. The lowest BCUT2D eigenvalue weighted by Crippen LogP contribution is -2.45. The second kappa shape index (κ2) is 5.73. The number of amides is 1. The Morgan fingerprint density at radius 1 is 1.30 bits per heavy atom. The first-order valence-electron chi connectivity index (χ1n) is 7.28. The number of hydrogen-bond donors (Lipinski definition) is 1. The third-order valence-electron chi connectivity index (χ3n) is 4.11. The quantitative estimate of drug-likeness (QED) is 0.844. The minimum absolute atomic E-state index is 0.0973. The van der Waals surface area contributed by atoms with Gasteiger partial charge < -0.3 is 15.5 Å². The van der Waals surface area contributed by atoms with Crippen molar-refractivity contribution in [3.63, 3.8) is 0 Å². The highest BCUT2D eigenvalue weighted by Crippen LogP contribution is 2.28. The maximum atomic E-state index is 12.9.